The Hall–Kier alpha value is -0.0800. The summed E-state index contributed by atoms with van der Waals surface area (Å²) in [6, 6.07) is 0. The number of piperidine rings is 1. The van der Waals surface area contributed by atoms with Crippen LogP contribution in [0, 0.1) is 11.8 Å². The highest BCUT2D eigenvalue weighted by atomic mass is 15.1. The van der Waals surface area contributed by atoms with E-state index in [1.807, 2.05) is 7.05 Å². The molecule has 1 rings (SSSR count). The van der Waals surface area contributed by atoms with E-state index in [9.17, 15) is 0 Å². The van der Waals surface area contributed by atoms with Crippen LogP contribution in [0.3, 0.4) is 0 Å². The third-order valence-electron chi connectivity index (χ3n) is 3.68. The van der Waals surface area contributed by atoms with Crippen LogP contribution in [-0.2, 0) is 0 Å². The molecule has 90 valence electrons. The van der Waals surface area contributed by atoms with Gasteiger partial charge < -0.3 is 10.2 Å². The SMILES string of the molecule is CNCCC(C)CCC1CCCN(C)C1. The predicted molar refractivity (Wildman–Crippen MR) is 67.2 cm³/mol. The Balaban J connectivity index is 2.07. The summed E-state index contributed by atoms with van der Waals surface area (Å²) in [5, 5.41) is 3.24. The summed E-state index contributed by atoms with van der Waals surface area (Å²) in [5.74, 6) is 1.87. The van der Waals surface area contributed by atoms with Gasteiger partial charge in [0.1, 0.15) is 0 Å². The Morgan fingerprint density at radius 3 is 2.87 bits per heavy atom. The van der Waals surface area contributed by atoms with Crippen LogP contribution < -0.4 is 5.32 Å². The van der Waals surface area contributed by atoms with Crippen molar-refractivity contribution in [3.63, 3.8) is 0 Å². The van der Waals surface area contributed by atoms with Gasteiger partial charge in [-0.3, -0.25) is 0 Å². The fourth-order valence-electron chi connectivity index (χ4n) is 2.56. The lowest BCUT2D eigenvalue weighted by atomic mass is 9.89. The minimum absolute atomic E-state index is 0.893. The molecule has 0 aliphatic carbocycles. The van der Waals surface area contributed by atoms with E-state index in [0.717, 1.165) is 11.8 Å². The molecule has 15 heavy (non-hydrogen) atoms. The van der Waals surface area contributed by atoms with Gasteiger partial charge in [0.25, 0.3) is 0 Å². The number of rotatable bonds is 6. The predicted octanol–water partition coefficient (Wildman–Crippen LogP) is 2.35. The molecule has 2 nitrogen and oxygen atoms in total. The van der Waals surface area contributed by atoms with E-state index in [4.69, 9.17) is 0 Å². The molecule has 1 fully saturated rings. The topological polar surface area (TPSA) is 15.3 Å². The maximum Gasteiger partial charge on any atom is 0.000662 e. The van der Waals surface area contributed by atoms with E-state index in [2.05, 4.69) is 24.2 Å². The van der Waals surface area contributed by atoms with Crippen molar-refractivity contribution < 1.29 is 0 Å². The first kappa shape index (κ1) is 13.0. The molecule has 0 bridgehead atoms. The molecule has 2 heteroatoms. The van der Waals surface area contributed by atoms with Crippen LogP contribution in [0.1, 0.15) is 39.0 Å². The molecule has 0 aromatic carbocycles. The third-order valence-corrected chi connectivity index (χ3v) is 3.68. The summed E-state index contributed by atoms with van der Waals surface area (Å²) < 4.78 is 0. The molecule has 0 aromatic heterocycles. The van der Waals surface area contributed by atoms with Crippen LogP contribution in [0.5, 0.6) is 0 Å². The molecule has 1 heterocycles. The zero-order valence-electron chi connectivity index (χ0n) is 10.8. The third kappa shape index (κ3) is 5.53. The Bertz CT molecular complexity index is 159. The Kier molecular flexibility index (Phi) is 6.26. The van der Waals surface area contributed by atoms with Gasteiger partial charge in [0, 0.05) is 6.54 Å². The molecule has 2 atom stereocenters. The van der Waals surface area contributed by atoms with E-state index in [1.54, 1.807) is 0 Å². The molecular formula is C13H28N2. The molecule has 1 aliphatic heterocycles. The van der Waals surface area contributed by atoms with Crippen molar-refractivity contribution in [2.45, 2.75) is 39.0 Å². The van der Waals surface area contributed by atoms with E-state index in [1.165, 1.54) is 51.7 Å². The zero-order chi connectivity index (χ0) is 11.1. The van der Waals surface area contributed by atoms with Crippen molar-refractivity contribution in [1.82, 2.24) is 10.2 Å². The highest BCUT2D eigenvalue weighted by Gasteiger charge is 2.17. The molecular weight excluding hydrogens is 184 g/mol. The van der Waals surface area contributed by atoms with Crippen LogP contribution in [-0.4, -0.2) is 38.6 Å². The van der Waals surface area contributed by atoms with Crippen LogP contribution in [0.2, 0.25) is 0 Å². The minimum Gasteiger partial charge on any atom is -0.320 e. The van der Waals surface area contributed by atoms with Gasteiger partial charge >= 0.3 is 0 Å². The first-order valence-electron chi connectivity index (χ1n) is 6.55. The summed E-state index contributed by atoms with van der Waals surface area (Å²) in [6.45, 7) is 6.21. The minimum atomic E-state index is 0.893. The summed E-state index contributed by atoms with van der Waals surface area (Å²) in [6.07, 6.45) is 7.06. The van der Waals surface area contributed by atoms with Gasteiger partial charge in [-0.1, -0.05) is 13.3 Å². The van der Waals surface area contributed by atoms with Gasteiger partial charge in [-0.2, -0.15) is 0 Å². The molecule has 0 radical (unpaired) electrons. The monoisotopic (exact) mass is 212 g/mol. The Morgan fingerprint density at radius 2 is 2.20 bits per heavy atom. The quantitative estimate of drug-likeness (QED) is 0.727. The van der Waals surface area contributed by atoms with Gasteiger partial charge in [-0.25, -0.2) is 0 Å². The maximum absolute atomic E-state index is 3.24. The fraction of sp³-hybridized carbons (Fsp3) is 1.00. The van der Waals surface area contributed by atoms with Crippen LogP contribution in [0.4, 0.5) is 0 Å². The number of nitrogens with zero attached hydrogens (tertiary/aromatic N) is 1. The van der Waals surface area contributed by atoms with E-state index >= 15 is 0 Å². The zero-order valence-corrected chi connectivity index (χ0v) is 10.8. The largest absolute Gasteiger partial charge is 0.320 e. The van der Waals surface area contributed by atoms with Gasteiger partial charge in [0.15, 0.2) is 0 Å². The molecule has 2 unspecified atom stereocenters. The van der Waals surface area contributed by atoms with E-state index in [0.29, 0.717) is 0 Å². The van der Waals surface area contributed by atoms with E-state index < -0.39 is 0 Å². The van der Waals surface area contributed by atoms with Crippen LogP contribution in [0.15, 0.2) is 0 Å². The van der Waals surface area contributed by atoms with Gasteiger partial charge in [0.05, 0.1) is 0 Å². The summed E-state index contributed by atoms with van der Waals surface area (Å²) in [5.41, 5.74) is 0. The summed E-state index contributed by atoms with van der Waals surface area (Å²) >= 11 is 0. The number of likely N-dealkylation sites (tertiary alicyclic amines) is 1. The summed E-state index contributed by atoms with van der Waals surface area (Å²) in [4.78, 5) is 2.49. The molecule has 1 aliphatic rings. The second kappa shape index (κ2) is 7.24. The van der Waals surface area contributed by atoms with Crippen molar-refractivity contribution in [3.05, 3.63) is 0 Å². The highest BCUT2D eigenvalue weighted by Crippen LogP contribution is 2.22. The molecule has 0 aromatic rings. The molecule has 1 N–H and O–H groups in total. The first-order chi connectivity index (χ1) is 7.22. The number of hydrogen-bond donors (Lipinski definition) is 1. The van der Waals surface area contributed by atoms with Crippen LogP contribution >= 0.6 is 0 Å². The normalized spacial score (nSPS) is 25.4. The van der Waals surface area contributed by atoms with Crippen molar-refractivity contribution in [2.24, 2.45) is 11.8 Å². The highest BCUT2D eigenvalue weighted by molar-refractivity contribution is 4.71. The van der Waals surface area contributed by atoms with Crippen molar-refractivity contribution in [2.75, 3.05) is 33.7 Å². The Labute approximate surface area is 95.4 Å². The Morgan fingerprint density at radius 1 is 1.40 bits per heavy atom. The fourth-order valence-corrected chi connectivity index (χ4v) is 2.56. The molecule has 0 spiro atoms. The second-order valence-corrected chi connectivity index (χ2v) is 5.35. The van der Waals surface area contributed by atoms with Gasteiger partial charge in [-0.05, 0) is 64.7 Å². The van der Waals surface area contributed by atoms with Gasteiger partial charge in [0.2, 0.25) is 0 Å². The lowest BCUT2D eigenvalue weighted by molar-refractivity contribution is 0.194. The average molecular weight is 212 g/mol. The number of hydrogen-bond acceptors (Lipinski definition) is 2. The molecule has 1 saturated heterocycles. The van der Waals surface area contributed by atoms with Crippen LogP contribution in [0.25, 0.3) is 0 Å². The van der Waals surface area contributed by atoms with Crippen molar-refractivity contribution >= 4 is 0 Å². The smallest absolute Gasteiger partial charge is 0.000662 e. The molecule has 0 saturated carbocycles. The lowest BCUT2D eigenvalue weighted by Crippen LogP contribution is -2.32. The average Bonchev–Trinajstić information content (AvgIpc) is 2.23. The van der Waals surface area contributed by atoms with Gasteiger partial charge in [-0.15, -0.1) is 0 Å². The lowest BCUT2D eigenvalue weighted by Gasteiger charge is -2.30. The molecule has 0 amide bonds. The second-order valence-electron chi connectivity index (χ2n) is 5.35. The standard InChI is InChI=1S/C13H28N2/c1-12(8-9-14-2)6-7-13-5-4-10-15(3)11-13/h12-14H,4-11H2,1-3H3. The maximum atomic E-state index is 3.24. The first-order valence-corrected chi connectivity index (χ1v) is 6.55. The van der Waals surface area contributed by atoms with Crippen molar-refractivity contribution in [3.8, 4) is 0 Å². The van der Waals surface area contributed by atoms with Crippen molar-refractivity contribution in [1.29, 1.82) is 0 Å². The van der Waals surface area contributed by atoms with E-state index in [-0.39, 0.29) is 0 Å². The number of nitrogens with one attached hydrogen (secondary N) is 1. The summed E-state index contributed by atoms with van der Waals surface area (Å²) in [7, 11) is 4.30.